The Balaban J connectivity index is 1.52. The van der Waals surface area contributed by atoms with Crippen LogP contribution in [-0.4, -0.2) is 24.9 Å². The predicted octanol–water partition coefficient (Wildman–Crippen LogP) is 9.56. The molecule has 0 saturated heterocycles. The zero-order valence-electron chi connectivity index (χ0n) is 23.9. The topological polar surface area (TPSA) is 100 Å². The predicted molar refractivity (Wildman–Crippen MR) is 182 cm³/mol. The molecule has 0 spiro atoms. The third-order valence-electron chi connectivity index (χ3n) is 8.07. The molecule has 0 unspecified atom stereocenters. The molecule has 8 bridgehead atoms. The molecule has 7 nitrogen and oxygen atoms in total. The molecule has 3 aromatic carbocycles. The highest BCUT2D eigenvalue weighted by Crippen LogP contribution is 2.36. The van der Waals surface area contributed by atoms with Gasteiger partial charge in [0, 0.05) is 50.9 Å². The third-order valence-corrected chi connectivity index (χ3v) is 8.07. The van der Waals surface area contributed by atoms with Crippen LogP contribution in [0.5, 0.6) is 0 Å². The van der Waals surface area contributed by atoms with Crippen molar-refractivity contribution in [3.05, 3.63) is 148 Å². The van der Waals surface area contributed by atoms with Crippen molar-refractivity contribution in [1.29, 1.82) is 0 Å². The fraction of sp³-hybridized carbons (Fsp3) is 0. The van der Waals surface area contributed by atoms with Gasteiger partial charge in [-0.2, -0.15) is 0 Å². The van der Waals surface area contributed by atoms with E-state index >= 15 is 0 Å². The molecule has 3 aromatic heterocycles. The van der Waals surface area contributed by atoms with Gasteiger partial charge in [-0.1, -0.05) is 60.7 Å². The second kappa shape index (κ2) is 10.7. The van der Waals surface area contributed by atoms with Gasteiger partial charge < -0.3 is 9.97 Å². The first-order valence-corrected chi connectivity index (χ1v) is 14.6. The number of aromatic nitrogens is 4. The van der Waals surface area contributed by atoms with E-state index in [0.29, 0.717) is 0 Å². The van der Waals surface area contributed by atoms with Crippen LogP contribution in [0.4, 0.5) is 5.69 Å². The maximum atomic E-state index is 11.5. The van der Waals surface area contributed by atoms with Crippen LogP contribution in [0.15, 0.2) is 115 Å². The van der Waals surface area contributed by atoms with Gasteiger partial charge in [0.1, 0.15) is 0 Å². The Labute approximate surface area is 258 Å². The number of aromatic amines is 2. The monoisotopic (exact) mass is 583 g/mol. The smallest absolute Gasteiger partial charge is 0.269 e. The number of nitro benzene ring substituents is 1. The number of H-pyrrole nitrogens is 2. The van der Waals surface area contributed by atoms with Crippen molar-refractivity contribution in [2.75, 3.05) is 0 Å². The number of nitrogens with one attached hydrogen (secondary N) is 2. The summed E-state index contributed by atoms with van der Waals surface area (Å²) in [6.45, 7) is 0. The minimum absolute atomic E-state index is 0.0349. The molecule has 8 rings (SSSR count). The van der Waals surface area contributed by atoms with Gasteiger partial charge in [-0.25, -0.2) is 9.97 Å². The zero-order chi connectivity index (χ0) is 30.3. The quantitative estimate of drug-likeness (QED) is 0.159. The maximum absolute atomic E-state index is 11.5. The Morgan fingerprint density at radius 1 is 0.511 bits per heavy atom. The summed E-state index contributed by atoms with van der Waals surface area (Å²) in [4.78, 5) is 28.6. The summed E-state index contributed by atoms with van der Waals surface area (Å²) >= 11 is 0. The molecule has 6 aromatic rings. The second-order valence-electron chi connectivity index (χ2n) is 10.9. The van der Waals surface area contributed by atoms with Gasteiger partial charge in [0.05, 0.1) is 27.7 Å². The van der Waals surface area contributed by atoms with E-state index in [1.165, 1.54) is 12.1 Å². The molecular formula is C38H25N5O2. The Morgan fingerprint density at radius 3 is 1.58 bits per heavy atom. The van der Waals surface area contributed by atoms with E-state index in [-0.39, 0.29) is 10.6 Å². The van der Waals surface area contributed by atoms with Crippen LogP contribution in [0.3, 0.4) is 0 Å². The van der Waals surface area contributed by atoms with Crippen LogP contribution in [-0.2, 0) is 0 Å². The van der Waals surface area contributed by atoms with E-state index in [1.54, 1.807) is 12.1 Å². The van der Waals surface area contributed by atoms with Gasteiger partial charge >= 0.3 is 0 Å². The number of benzene rings is 3. The SMILES string of the molecule is O=[N+]([O-])c1ccc(-c2c3nc(c(-c4ccccc4)c4ccc(cc5nc(c(-c6ccccc6)c6ccc2[nH]6)C=C5)[nH]4)C=C3)cc1. The van der Waals surface area contributed by atoms with E-state index < -0.39 is 0 Å². The van der Waals surface area contributed by atoms with Crippen LogP contribution in [0.2, 0.25) is 0 Å². The summed E-state index contributed by atoms with van der Waals surface area (Å²) < 4.78 is 0. The molecule has 0 amide bonds. The summed E-state index contributed by atoms with van der Waals surface area (Å²) in [5.41, 5.74) is 12.6. The van der Waals surface area contributed by atoms with Gasteiger partial charge in [-0.05, 0) is 83.5 Å². The molecule has 0 aliphatic carbocycles. The van der Waals surface area contributed by atoms with Crippen molar-refractivity contribution in [3.8, 4) is 33.4 Å². The molecule has 214 valence electrons. The number of non-ortho nitro benzene ring substituents is 1. The highest BCUT2D eigenvalue weighted by Gasteiger charge is 2.17. The largest absolute Gasteiger partial charge is 0.355 e. The molecule has 0 atom stereocenters. The molecule has 45 heavy (non-hydrogen) atoms. The lowest BCUT2D eigenvalue weighted by Gasteiger charge is -2.06. The molecule has 0 saturated carbocycles. The molecule has 2 N–H and O–H groups in total. The number of hydrogen-bond acceptors (Lipinski definition) is 4. The summed E-state index contributed by atoms with van der Waals surface area (Å²) in [5.74, 6) is 0. The first kappa shape index (κ1) is 26.3. The van der Waals surface area contributed by atoms with E-state index in [9.17, 15) is 10.1 Å². The van der Waals surface area contributed by atoms with E-state index in [2.05, 4.69) is 58.5 Å². The number of hydrogen-bond donors (Lipinski definition) is 2. The minimum atomic E-state index is -0.384. The van der Waals surface area contributed by atoms with Crippen LogP contribution < -0.4 is 0 Å². The maximum Gasteiger partial charge on any atom is 0.269 e. The molecular weight excluding hydrogens is 558 g/mol. The minimum Gasteiger partial charge on any atom is -0.355 e. The second-order valence-corrected chi connectivity index (χ2v) is 10.9. The first-order chi connectivity index (χ1) is 22.1. The van der Waals surface area contributed by atoms with Crippen LogP contribution >= 0.6 is 0 Å². The van der Waals surface area contributed by atoms with E-state index in [1.807, 2.05) is 66.8 Å². The van der Waals surface area contributed by atoms with E-state index in [4.69, 9.17) is 9.97 Å². The Bertz CT molecular complexity index is 2290. The normalized spacial score (nSPS) is 12.0. The Hall–Kier alpha value is -6.34. The van der Waals surface area contributed by atoms with Crippen LogP contribution in [0, 0.1) is 10.1 Å². The van der Waals surface area contributed by atoms with Gasteiger partial charge in [-0.3, -0.25) is 10.1 Å². The average Bonchev–Trinajstić information content (AvgIpc) is 3.90. The van der Waals surface area contributed by atoms with Gasteiger partial charge in [0.2, 0.25) is 0 Å². The lowest BCUT2D eigenvalue weighted by Crippen LogP contribution is -1.90. The summed E-state index contributed by atoms with van der Waals surface area (Å²) in [6.07, 6.45) is 8.11. The fourth-order valence-electron chi connectivity index (χ4n) is 6.01. The molecule has 5 heterocycles. The van der Waals surface area contributed by atoms with Crippen LogP contribution in [0.25, 0.3) is 79.8 Å². The summed E-state index contributed by atoms with van der Waals surface area (Å²) in [7, 11) is 0. The van der Waals surface area contributed by atoms with Crippen molar-refractivity contribution in [3.63, 3.8) is 0 Å². The standard InChI is InChI=1S/C38H25N5O2/c44-43(45)29-15-11-26(12-16-29)38-34-21-19-32(41-34)36(24-7-3-1-4-8-24)30-17-13-27(39-30)23-28-14-18-31(40-28)37(25-9-5-2-6-10-25)33-20-22-35(38)42-33/h1-23,39,42H. The van der Waals surface area contributed by atoms with Crippen LogP contribution in [0.1, 0.15) is 22.8 Å². The average molecular weight is 584 g/mol. The fourth-order valence-corrected chi connectivity index (χ4v) is 6.01. The molecule has 7 heteroatoms. The van der Waals surface area contributed by atoms with Crippen molar-refractivity contribution in [2.45, 2.75) is 0 Å². The van der Waals surface area contributed by atoms with Crippen molar-refractivity contribution in [2.24, 2.45) is 0 Å². The zero-order valence-corrected chi connectivity index (χ0v) is 23.9. The first-order valence-electron chi connectivity index (χ1n) is 14.6. The van der Waals surface area contributed by atoms with E-state index in [0.717, 1.165) is 78.2 Å². The van der Waals surface area contributed by atoms with Crippen molar-refractivity contribution < 1.29 is 4.92 Å². The number of nitrogens with zero attached hydrogens (tertiary/aromatic N) is 3. The summed E-state index contributed by atoms with van der Waals surface area (Å²) in [5, 5.41) is 11.5. The lowest BCUT2D eigenvalue weighted by molar-refractivity contribution is -0.384. The highest BCUT2D eigenvalue weighted by molar-refractivity contribution is 5.97. The number of fused-ring (bicyclic) bond motifs is 8. The van der Waals surface area contributed by atoms with Crippen molar-refractivity contribution in [1.82, 2.24) is 19.9 Å². The van der Waals surface area contributed by atoms with Crippen molar-refractivity contribution >= 4 is 52.1 Å². The number of rotatable bonds is 4. The molecule has 0 fully saturated rings. The highest BCUT2D eigenvalue weighted by atomic mass is 16.6. The Kier molecular flexibility index (Phi) is 6.27. The number of nitro groups is 1. The lowest BCUT2D eigenvalue weighted by atomic mass is 10.0. The molecule has 2 aliphatic heterocycles. The third kappa shape index (κ3) is 4.82. The van der Waals surface area contributed by atoms with Gasteiger partial charge in [-0.15, -0.1) is 0 Å². The van der Waals surface area contributed by atoms with Gasteiger partial charge in [0.15, 0.2) is 0 Å². The Morgan fingerprint density at radius 2 is 1.00 bits per heavy atom. The van der Waals surface area contributed by atoms with Gasteiger partial charge in [0.25, 0.3) is 5.69 Å². The summed E-state index contributed by atoms with van der Waals surface area (Å²) in [6, 6.07) is 37.3. The molecule has 2 aliphatic rings. The molecule has 0 radical (unpaired) electrons.